The van der Waals surface area contributed by atoms with Gasteiger partial charge in [0, 0.05) is 13.1 Å². The normalized spacial score (nSPS) is 11.1. The Balaban J connectivity index is 2.71. The summed E-state index contributed by atoms with van der Waals surface area (Å²) in [5.74, 6) is -1.74. The number of benzene rings is 1. The number of rotatable bonds is 11. The van der Waals surface area contributed by atoms with E-state index in [4.69, 9.17) is 17.2 Å². The Bertz CT molecular complexity index is 776. The number of esters is 1. The molecule has 0 aromatic heterocycles. The second-order valence-electron chi connectivity index (χ2n) is 6.19. The Morgan fingerprint density at radius 2 is 2.00 bits per heavy atom. The number of aryl methyl sites for hydroxylation is 1. The Kier molecular flexibility index (Phi) is 9.82. The minimum atomic E-state index is -0.807. The third kappa shape index (κ3) is 8.84. The lowest BCUT2D eigenvalue weighted by atomic mass is 10.1. The molecule has 8 N–H and O–H groups in total. The average Bonchev–Trinajstić information content (AvgIpc) is 2.65. The predicted molar refractivity (Wildman–Crippen MR) is 107 cm³/mol. The summed E-state index contributed by atoms with van der Waals surface area (Å²) < 4.78 is 4.14. The molecular weight excluding hydrogens is 380 g/mol. The zero-order valence-electron chi connectivity index (χ0n) is 16.1. The van der Waals surface area contributed by atoms with Crippen molar-refractivity contribution in [3.8, 4) is 0 Å². The van der Waals surface area contributed by atoms with Crippen LogP contribution in [0.3, 0.4) is 0 Å². The Morgan fingerprint density at radius 1 is 1.28 bits per heavy atom. The summed E-state index contributed by atoms with van der Waals surface area (Å²) in [5, 5.41) is 5.18. The molecule has 0 spiro atoms. The Labute approximate surface area is 168 Å². The number of nitrogens with two attached hydrogens (primary N) is 3. The molecule has 1 rings (SSSR count). The maximum Gasteiger partial charge on any atom is 0.315 e. The van der Waals surface area contributed by atoms with Crippen molar-refractivity contribution in [3.63, 3.8) is 0 Å². The largest absolute Gasteiger partial charge is 0.395 e. The van der Waals surface area contributed by atoms with Crippen molar-refractivity contribution in [1.82, 2.24) is 5.32 Å². The van der Waals surface area contributed by atoms with Crippen LogP contribution in [0.2, 0.25) is 0 Å². The fraction of sp³-hybridized carbons (Fsp3) is 0.389. The number of guanidine groups is 1. The molecule has 0 saturated carbocycles. The van der Waals surface area contributed by atoms with Crippen LogP contribution >= 0.6 is 0 Å². The highest BCUT2D eigenvalue weighted by molar-refractivity contribution is 6.05. The van der Waals surface area contributed by atoms with Crippen LogP contribution in [0.5, 0.6) is 0 Å². The molecule has 0 aliphatic carbocycles. The summed E-state index contributed by atoms with van der Waals surface area (Å²) in [5.41, 5.74) is 17.7. The molecule has 11 heteroatoms. The van der Waals surface area contributed by atoms with Gasteiger partial charge in [-0.3, -0.25) is 24.2 Å². The van der Waals surface area contributed by atoms with Gasteiger partial charge in [0.05, 0.1) is 23.7 Å². The molecule has 1 atom stereocenters. The van der Waals surface area contributed by atoms with Gasteiger partial charge in [0.25, 0.3) is 5.91 Å². The quantitative estimate of drug-likeness (QED) is 0.0781. The summed E-state index contributed by atoms with van der Waals surface area (Å²) in [7, 11) is 0. The molecule has 0 bridgehead atoms. The van der Waals surface area contributed by atoms with E-state index >= 15 is 0 Å². The van der Waals surface area contributed by atoms with E-state index in [-0.39, 0.29) is 31.0 Å². The Hall–Kier alpha value is -3.47. The summed E-state index contributed by atoms with van der Waals surface area (Å²) in [6.45, 7) is 2.16. The maximum atomic E-state index is 12.4. The lowest BCUT2D eigenvalue weighted by Crippen LogP contribution is -2.36. The van der Waals surface area contributed by atoms with Crippen LogP contribution in [0.25, 0.3) is 0 Å². The second kappa shape index (κ2) is 12.1. The van der Waals surface area contributed by atoms with E-state index in [2.05, 4.69) is 20.4 Å². The van der Waals surface area contributed by atoms with Crippen LogP contribution in [0.1, 0.15) is 35.2 Å². The summed E-state index contributed by atoms with van der Waals surface area (Å²) >= 11 is 0. The molecule has 1 aromatic carbocycles. The van der Waals surface area contributed by atoms with Gasteiger partial charge in [-0.1, -0.05) is 6.07 Å². The number of hydrogen-bond donors (Lipinski definition) is 5. The summed E-state index contributed by atoms with van der Waals surface area (Å²) in [6, 6.07) is 4.09. The van der Waals surface area contributed by atoms with Crippen LogP contribution in [-0.2, 0) is 19.1 Å². The van der Waals surface area contributed by atoms with E-state index < -0.39 is 23.8 Å². The second-order valence-corrected chi connectivity index (χ2v) is 6.19. The first-order valence-electron chi connectivity index (χ1n) is 8.88. The lowest BCUT2D eigenvalue weighted by molar-refractivity contribution is -0.151. The zero-order valence-corrected chi connectivity index (χ0v) is 16.1. The highest BCUT2D eigenvalue weighted by Crippen LogP contribution is 2.18. The standard InChI is InChI=1S/C18H26N6O5/c1-11-4-5-12(16(27)22-8-6-15(26)29-10-25)14(9-11)24-17(28)13(19)3-2-7-23-18(20)21/h4-5,9-10,13H,2-3,6-8,19H2,1H3,(H,22,27)(H,24,28)(H4,20,21,23)/t13-/m0/s1. The van der Waals surface area contributed by atoms with Crippen LogP contribution < -0.4 is 27.8 Å². The van der Waals surface area contributed by atoms with Crippen LogP contribution in [0.4, 0.5) is 5.69 Å². The van der Waals surface area contributed by atoms with Crippen molar-refractivity contribution in [3.05, 3.63) is 29.3 Å². The Morgan fingerprint density at radius 3 is 2.66 bits per heavy atom. The van der Waals surface area contributed by atoms with E-state index in [1.165, 1.54) is 0 Å². The van der Waals surface area contributed by atoms with E-state index in [1.54, 1.807) is 18.2 Å². The molecule has 158 valence electrons. The topological polar surface area (TPSA) is 192 Å². The molecule has 0 radical (unpaired) electrons. The highest BCUT2D eigenvalue weighted by atomic mass is 16.6. The predicted octanol–water partition coefficient (Wildman–Crippen LogP) is -0.866. The smallest absolute Gasteiger partial charge is 0.315 e. The molecular formula is C18H26N6O5. The number of nitrogens with one attached hydrogen (secondary N) is 2. The minimum Gasteiger partial charge on any atom is -0.395 e. The first kappa shape index (κ1) is 23.6. The van der Waals surface area contributed by atoms with Gasteiger partial charge in [0.1, 0.15) is 0 Å². The average molecular weight is 406 g/mol. The fourth-order valence-corrected chi connectivity index (χ4v) is 2.32. The maximum absolute atomic E-state index is 12.4. The number of aliphatic imine (C=N–C) groups is 1. The van der Waals surface area contributed by atoms with Crippen molar-refractivity contribution in [2.45, 2.75) is 32.2 Å². The van der Waals surface area contributed by atoms with Gasteiger partial charge in [-0.05, 0) is 37.5 Å². The van der Waals surface area contributed by atoms with Gasteiger partial charge in [0.15, 0.2) is 5.96 Å². The van der Waals surface area contributed by atoms with Gasteiger partial charge >= 0.3 is 12.4 Å². The van der Waals surface area contributed by atoms with E-state index in [0.717, 1.165) is 5.56 Å². The number of amides is 2. The number of carbonyl (C=O) groups excluding carboxylic acids is 4. The third-order valence-corrected chi connectivity index (χ3v) is 3.78. The molecule has 2 amide bonds. The van der Waals surface area contributed by atoms with E-state index in [0.29, 0.717) is 25.1 Å². The van der Waals surface area contributed by atoms with Crippen LogP contribution in [-0.4, -0.2) is 49.3 Å². The van der Waals surface area contributed by atoms with Crippen molar-refractivity contribution in [2.75, 3.05) is 18.4 Å². The van der Waals surface area contributed by atoms with Crippen molar-refractivity contribution < 1.29 is 23.9 Å². The molecule has 0 saturated heterocycles. The highest BCUT2D eigenvalue weighted by Gasteiger charge is 2.18. The SMILES string of the molecule is Cc1ccc(C(=O)NCCC(=O)OC=O)c(NC(=O)[C@@H](N)CCCN=C(N)N)c1. The molecule has 0 unspecified atom stereocenters. The van der Waals surface area contributed by atoms with E-state index in [9.17, 15) is 19.2 Å². The fourth-order valence-electron chi connectivity index (χ4n) is 2.32. The lowest BCUT2D eigenvalue weighted by Gasteiger charge is -2.15. The zero-order chi connectivity index (χ0) is 21.8. The van der Waals surface area contributed by atoms with Gasteiger partial charge in [-0.15, -0.1) is 0 Å². The van der Waals surface area contributed by atoms with Crippen molar-refractivity contribution >= 4 is 35.9 Å². The molecule has 29 heavy (non-hydrogen) atoms. The molecule has 0 heterocycles. The number of ether oxygens (including phenoxy) is 1. The number of nitrogens with zero attached hydrogens (tertiary/aromatic N) is 1. The number of carbonyl (C=O) groups is 4. The molecule has 1 aromatic rings. The summed E-state index contributed by atoms with van der Waals surface area (Å²) in [6.07, 6.45) is 0.706. The molecule has 0 aliphatic heterocycles. The van der Waals surface area contributed by atoms with Crippen molar-refractivity contribution in [1.29, 1.82) is 0 Å². The molecule has 11 nitrogen and oxygen atoms in total. The van der Waals surface area contributed by atoms with Gasteiger partial charge in [-0.2, -0.15) is 0 Å². The van der Waals surface area contributed by atoms with Crippen LogP contribution in [0, 0.1) is 6.92 Å². The third-order valence-electron chi connectivity index (χ3n) is 3.78. The van der Waals surface area contributed by atoms with Gasteiger partial charge < -0.3 is 32.6 Å². The summed E-state index contributed by atoms with van der Waals surface area (Å²) in [4.78, 5) is 49.8. The van der Waals surface area contributed by atoms with Crippen molar-refractivity contribution in [2.24, 2.45) is 22.2 Å². The number of anilines is 1. The first-order valence-corrected chi connectivity index (χ1v) is 8.88. The van der Waals surface area contributed by atoms with E-state index in [1.807, 2.05) is 6.92 Å². The molecule has 0 fully saturated rings. The van der Waals surface area contributed by atoms with Gasteiger partial charge in [-0.25, -0.2) is 0 Å². The monoisotopic (exact) mass is 406 g/mol. The first-order chi connectivity index (χ1) is 13.7. The molecule has 0 aliphatic rings. The van der Waals surface area contributed by atoms with Gasteiger partial charge in [0.2, 0.25) is 5.91 Å². The minimum absolute atomic E-state index is 0.0261. The number of hydrogen-bond acceptors (Lipinski definition) is 7. The van der Waals surface area contributed by atoms with Crippen LogP contribution in [0.15, 0.2) is 23.2 Å².